The number of nitrogens with zero attached hydrogens (tertiary/aromatic N) is 5. The van der Waals surface area contributed by atoms with E-state index in [1.807, 2.05) is 31.9 Å². The van der Waals surface area contributed by atoms with Crippen LogP contribution in [0.3, 0.4) is 0 Å². The van der Waals surface area contributed by atoms with Crippen molar-refractivity contribution in [3.8, 4) is 0 Å². The molecule has 0 bridgehead atoms. The average molecular weight is 262 g/mol. The Bertz CT molecular complexity index is 631. The van der Waals surface area contributed by atoms with Crippen molar-refractivity contribution >= 4 is 26.8 Å². The molecular weight excluding hydrogens is 248 g/mol. The van der Waals surface area contributed by atoms with Gasteiger partial charge in [0.25, 0.3) is 0 Å². The van der Waals surface area contributed by atoms with Crippen LogP contribution in [0.15, 0.2) is 12.4 Å². The summed E-state index contributed by atoms with van der Waals surface area (Å²) in [5.74, 6) is 0.937. The molecule has 0 aliphatic heterocycles. The first-order chi connectivity index (χ1) is 8.65. The van der Waals surface area contributed by atoms with E-state index in [4.69, 9.17) is 0 Å². The molecule has 94 valence electrons. The molecule has 3 rings (SSSR count). The Morgan fingerprint density at radius 1 is 1.50 bits per heavy atom. The van der Waals surface area contributed by atoms with E-state index in [0.29, 0.717) is 0 Å². The lowest BCUT2D eigenvalue weighted by atomic mass is 10.5. The highest BCUT2D eigenvalue weighted by molar-refractivity contribution is 7.22. The predicted molar refractivity (Wildman–Crippen MR) is 71.8 cm³/mol. The summed E-state index contributed by atoms with van der Waals surface area (Å²) in [5.41, 5.74) is 1.97. The lowest BCUT2D eigenvalue weighted by Gasteiger charge is -2.13. The number of thiazole rings is 1. The highest BCUT2D eigenvalue weighted by Crippen LogP contribution is 2.30. The molecule has 7 heteroatoms. The fourth-order valence-corrected chi connectivity index (χ4v) is 2.91. The minimum absolute atomic E-state index is 0.722. The normalized spacial score (nSPS) is 11.3. The summed E-state index contributed by atoms with van der Waals surface area (Å²) >= 11 is 1.66. The first kappa shape index (κ1) is 11.2. The number of anilines is 1. The second kappa shape index (κ2) is 4.09. The molecule has 0 saturated carbocycles. The van der Waals surface area contributed by atoms with Crippen LogP contribution in [0.25, 0.3) is 10.3 Å². The number of hydrogen-bond acceptors (Lipinski definition) is 5. The van der Waals surface area contributed by atoms with Crippen LogP contribution in [-0.2, 0) is 13.6 Å². The Labute approximate surface area is 108 Å². The van der Waals surface area contributed by atoms with Crippen LogP contribution < -0.4 is 4.90 Å². The molecule has 3 heterocycles. The Hall–Kier alpha value is -1.89. The Kier molecular flexibility index (Phi) is 2.55. The molecule has 0 aliphatic carbocycles. The molecule has 0 fully saturated rings. The zero-order chi connectivity index (χ0) is 12.7. The topological polar surface area (TPSA) is 62.6 Å². The third-order valence-corrected chi connectivity index (χ3v) is 4.07. The fourth-order valence-electron chi connectivity index (χ4n) is 1.91. The molecule has 0 atom stereocenters. The largest absolute Gasteiger partial charge is 0.347 e. The van der Waals surface area contributed by atoms with Gasteiger partial charge in [0.2, 0.25) is 0 Å². The first-order valence-electron chi connectivity index (χ1n) is 5.64. The predicted octanol–water partition coefficient (Wildman–Crippen LogP) is 1.70. The molecule has 0 spiro atoms. The summed E-state index contributed by atoms with van der Waals surface area (Å²) in [5, 5.41) is 5.34. The number of H-pyrrole nitrogens is 1. The smallest absolute Gasteiger partial charge is 0.188 e. The van der Waals surface area contributed by atoms with Crippen molar-refractivity contribution in [2.75, 3.05) is 11.9 Å². The second-order valence-corrected chi connectivity index (χ2v) is 5.23. The fraction of sp³-hybridized carbons (Fsp3) is 0.364. The molecule has 0 aromatic carbocycles. The number of aromatic amines is 1. The van der Waals surface area contributed by atoms with Crippen LogP contribution in [-0.4, -0.2) is 31.8 Å². The Balaban J connectivity index is 1.92. The minimum Gasteiger partial charge on any atom is -0.347 e. The van der Waals surface area contributed by atoms with Gasteiger partial charge in [-0.25, -0.2) is 14.6 Å². The zero-order valence-electron chi connectivity index (χ0n) is 10.5. The van der Waals surface area contributed by atoms with E-state index >= 15 is 0 Å². The van der Waals surface area contributed by atoms with E-state index in [-0.39, 0.29) is 0 Å². The quantitative estimate of drug-likeness (QED) is 0.780. The van der Waals surface area contributed by atoms with Gasteiger partial charge in [-0.3, -0.25) is 0 Å². The molecule has 0 unspecified atom stereocenters. The van der Waals surface area contributed by atoms with Crippen molar-refractivity contribution < 1.29 is 0 Å². The Morgan fingerprint density at radius 3 is 3.00 bits per heavy atom. The molecule has 0 amide bonds. The molecule has 0 aliphatic rings. The summed E-state index contributed by atoms with van der Waals surface area (Å²) in [6.45, 7) is 2.73. The molecular formula is C11H14N6S. The van der Waals surface area contributed by atoms with Gasteiger partial charge < -0.3 is 9.88 Å². The van der Waals surface area contributed by atoms with E-state index in [2.05, 4.69) is 25.0 Å². The van der Waals surface area contributed by atoms with Crippen molar-refractivity contribution in [2.45, 2.75) is 13.5 Å². The van der Waals surface area contributed by atoms with Crippen LogP contribution in [0.1, 0.15) is 11.5 Å². The van der Waals surface area contributed by atoms with Gasteiger partial charge in [-0.2, -0.15) is 5.10 Å². The van der Waals surface area contributed by atoms with Crippen molar-refractivity contribution in [2.24, 2.45) is 7.05 Å². The van der Waals surface area contributed by atoms with Gasteiger partial charge in [0, 0.05) is 26.5 Å². The van der Waals surface area contributed by atoms with Crippen LogP contribution in [0.4, 0.5) is 5.13 Å². The van der Waals surface area contributed by atoms with E-state index in [0.717, 1.165) is 33.5 Å². The maximum absolute atomic E-state index is 4.62. The monoisotopic (exact) mass is 262 g/mol. The number of aromatic nitrogens is 5. The van der Waals surface area contributed by atoms with Crippen molar-refractivity contribution in [3.63, 3.8) is 0 Å². The van der Waals surface area contributed by atoms with Crippen LogP contribution in [0.5, 0.6) is 0 Å². The highest BCUT2D eigenvalue weighted by atomic mass is 32.1. The number of imidazole rings is 1. The maximum atomic E-state index is 4.62. The summed E-state index contributed by atoms with van der Waals surface area (Å²) in [7, 11) is 3.94. The molecule has 6 nitrogen and oxygen atoms in total. The minimum atomic E-state index is 0.722. The van der Waals surface area contributed by atoms with Gasteiger partial charge >= 0.3 is 0 Å². The number of rotatable bonds is 3. The van der Waals surface area contributed by atoms with Gasteiger partial charge in [-0.15, -0.1) is 0 Å². The molecule has 3 aromatic rings. The summed E-state index contributed by atoms with van der Waals surface area (Å²) < 4.78 is 2.98. The van der Waals surface area contributed by atoms with E-state index in [1.165, 1.54) is 0 Å². The van der Waals surface area contributed by atoms with Crippen molar-refractivity contribution in [3.05, 3.63) is 23.9 Å². The van der Waals surface area contributed by atoms with Crippen molar-refractivity contribution in [1.82, 2.24) is 24.7 Å². The molecule has 1 N–H and O–H groups in total. The van der Waals surface area contributed by atoms with E-state index < -0.39 is 0 Å². The van der Waals surface area contributed by atoms with Gasteiger partial charge in [0.15, 0.2) is 10.8 Å². The third kappa shape index (κ3) is 1.76. The lowest BCUT2D eigenvalue weighted by Crippen LogP contribution is -2.17. The SMILES string of the molecule is Cc1nn(C)c2nc(N(C)Cc3ncc[nH]3)sc12. The lowest BCUT2D eigenvalue weighted by molar-refractivity contribution is 0.771. The Morgan fingerprint density at radius 2 is 2.33 bits per heavy atom. The number of fused-ring (bicyclic) bond motifs is 1. The van der Waals surface area contributed by atoms with E-state index in [9.17, 15) is 0 Å². The zero-order valence-corrected chi connectivity index (χ0v) is 11.3. The molecule has 0 radical (unpaired) electrons. The second-order valence-electron chi connectivity index (χ2n) is 4.25. The van der Waals surface area contributed by atoms with Crippen LogP contribution >= 0.6 is 11.3 Å². The van der Waals surface area contributed by atoms with Crippen LogP contribution in [0.2, 0.25) is 0 Å². The van der Waals surface area contributed by atoms with E-state index in [1.54, 1.807) is 17.5 Å². The standard InChI is InChI=1S/C11H14N6S/c1-7-9-10(17(3)15-7)14-11(18-9)16(2)6-8-12-4-5-13-8/h4-5H,6H2,1-3H3,(H,12,13). The van der Waals surface area contributed by atoms with Gasteiger partial charge in [-0.1, -0.05) is 11.3 Å². The number of nitrogens with one attached hydrogen (secondary N) is 1. The first-order valence-corrected chi connectivity index (χ1v) is 6.46. The molecule has 3 aromatic heterocycles. The molecule has 0 saturated heterocycles. The van der Waals surface area contributed by atoms with Crippen molar-refractivity contribution in [1.29, 1.82) is 0 Å². The third-order valence-electron chi connectivity index (χ3n) is 2.80. The number of hydrogen-bond donors (Lipinski definition) is 1. The maximum Gasteiger partial charge on any atom is 0.188 e. The molecule has 18 heavy (non-hydrogen) atoms. The van der Waals surface area contributed by atoms with Gasteiger partial charge in [0.1, 0.15) is 5.82 Å². The van der Waals surface area contributed by atoms with Gasteiger partial charge in [0.05, 0.1) is 16.9 Å². The number of aryl methyl sites for hydroxylation is 2. The highest BCUT2D eigenvalue weighted by Gasteiger charge is 2.14. The van der Waals surface area contributed by atoms with Gasteiger partial charge in [-0.05, 0) is 6.92 Å². The van der Waals surface area contributed by atoms with Crippen LogP contribution in [0, 0.1) is 6.92 Å². The summed E-state index contributed by atoms with van der Waals surface area (Å²) in [4.78, 5) is 14.0. The average Bonchev–Trinajstić information content (AvgIpc) is 3.00. The summed E-state index contributed by atoms with van der Waals surface area (Å²) in [6, 6.07) is 0. The summed E-state index contributed by atoms with van der Waals surface area (Å²) in [6.07, 6.45) is 3.59.